The molecule has 2 aromatic heterocycles. The van der Waals surface area contributed by atoms with E-state index in [2.05, 4.69) is 0 Å². The van der Waals surface area contributed by atoms with Gasteiger partial charge in [0.1, 0.15) is 22.7 Å². The number of hydrogen-bond acceptors (Lipinski definition) is 3. The van der Waals surface area contributed by atoms with Gasteiger partial charge < -0.3 is 8.83 Å². The van der Waals surface area contributed by atoms with Crippen LogP contribution in [-0.2, 0) is 0 Å². The standard InChI is InChI=1S/C19H12ClFO3/c1-9-5-17-13(7-15(9)20)14(8-18(22)23-17)19-10(2)12-6-11(21)3-4-16(12)24-19/h3-8H,1-2H3. The van der Waals surface area contributed by atoms with Crippen LogP contribution < -0.4 is 5.63 Å². The Kier molecular flexibility index (Phi) is 3.25. The highest BCUT2D eigenvalue weighted by atomic mass is 35.5. The minimum atomic E-state index is -0.481. The second kappa shape index (κ2) is 5.21. The number of benzene rings is 2. The molecule has 120 valence electrons. The van der Waals surface area contributed by atoms with Crippen LogP contribution in [0.5, 0.6) is 0 Å². The molecule has 0 aliphatic carbocycles. The van der Waals surface area contributed by atoms with Crippen LogP contribution in [0.15, 0.2) is 50.0 Å². The molecule has 0 aliphatic heterocycles. The van der Waals surface area contributed by atoms with Crippen molar-refractivity contribution in [2.75, 3.05) is 0 Å². The van der Waals surface area contributed by atoms with Crippen LogP contribution in [0, 0.1) is 19.7 Å². The molecule has 2 heterocycles. The topological polar surface area (TPSA) is 43.4 Å². The van der Waals surface area contributed by atoms with Gasteiger partial charge in [-0.05, 0) is 49.7 Å². The maximum Gasteiger partial charge on any atom is 0.336 e. The van der Waals surface area contributed by atoms with Gasteiger partial charge in [0.2, 0.25) is 0 Å². The van der Waals surface area contributed by atoms with Gasteiger partial charge in [-0.15, -0.1) is 0 Å². The van der Waals surface area contributed by atoms with Crippen LogP contribution in [0.25, 0.3) is 33.3 Å². The van der Waals surface area contributed by atoms with Gasteiger partial charge in [0.05, 0.1) is 0 Å². The predicted molar refractivity (Wildman–Crippen MR) is 92.1 cm³/mol. The lowest BCUT2D eigenvalue weighted by atomic mass is 10.0. The lowest BCUT2D eigenvalue weighted by Gasteiger charge is -2.06. The smallest absolute Gasteiger partial charge is 0.336 e. The Morgan fingerprint density at radius 2 is 1.75 bits per heavy atom. The summed E-state index contributed by atoms with van der Waals surface area (Å²) in [5.74, 6) is 0.169. The minimum Gasteiger partial charge on any atom is -0.456 e. The van der Waals surface area contributed by atoms with E-state index in [1.54, 1.807) is 18.2 Å². The summed E-state index contributed by atoms with van der Waals surface area (Å²) >= 11 is 6.23. The van der Waals surface area contributed by atoms with Crippen LogP contribution in [-0.4, -0.2) is 0 Å². The van der Waals surface area contributed by atoms with E-state index in [4.69, 9.17) is 20.4 Å². The summed E-state index contributed by atoms with van der Waals surface area (Å²) in [6.07, 6.45) is 0. The highest BCUT2D eigenvalue weighted by Crippen LogP contribution is 2.37. The Hall–Kier alpha value is -2.59. The van der Waals surface area contributed by atoms with Gasteiger partial charge in [0.25, 0.3) is 0 Å². The molecule has 0 aliphatic rings. The third-order valence-corrected chi connectivity index (χ3v) is 4.57. The summed E-state index contributed by atoms with van der Waals surface area (Å²) in [7, 11) is 0. The van der Waals surface area contributed by atoms with Gasteiger partial charge >= 0.3 is 5.63 Å². The van der Waals surface area contributed by atoms with E-state index in [1.807, 2.05) is 13.8 Å². The van der Waals surface area contributed by atoms with Gasteiger partial charge in [-0.25, -0.2) is 9.18 Å². The Bertz CT molecular complexity index is 1170. The molecule has 0 amide bonds. The average Bonchev–Trinajstić information content (AvgIpc) is 2.85. The summed E-state index contributed by atoms with van der Waals surface area (Å²) in [5, 5.41) is 1.91. The van der Waals surface area contributed by atoms with Crippen molar-refractivity contribution in [3.8, 4) is 11.3 Å². The first-order valence-corrected chi connectivity index (χ1v) is 7.75. The minimum absolute atomic E-state index is 0.339. The van der Waals surface area contributed by atoms with Crippen molar-refractivity contribution in [2.24, 2.45) is 0 Å². The molecule has 0 spiro atoms. The van der Waals surface area contributed by atoms with E-state index in [-0.39, 0.29) is 5.82 Å². The maximum atomic E-state index is 13.5. The Labute approximate surface area is 141 Å². The highest BCUT2D eigenvalue weighted by Gasteiger charge is 2.18. The molecule has 0 unspecified atom stereocenters. The Balaban J connectivity index is 2.11. The van der Waals surface area contributed by atoms with E-state index in [0.717, 1.165) is 11.1 Å². The van der Waals surface area contributed by atoms with Gasteiger partial charge in [0, 0.05) is 33.0 Å². The van der Waals surface area contributed by atoms with E-state index < -0.39 is 5.63 Å². The van der Waals surface area contributed by atoms with Crippen LogP contribution in [0.2, 0.25) is 5.02 Å². The molecule has 0 radical (unpaired) electrons. The Morgan fingerprint density at radius 1 is 0.958 bits per heavy atom. The molecule has 0 bridgehead atoms. The molecule has 5 heteroatoms. The van der Waals surface area contributed by atoms with Gasteiger partial charge in [-0.3, -0.25) is 0 Å². The lowest BCUT2D eigenvalue weighted by molar-refractivity contribution is 0.559. The van der Waals surface area contributed by atoms with Crippen molar-refractivity contribution in [1.29, 1.82) is 0 Å². The van der Waals surface area contributed by atoms with Crippen LogP contribution >= 0.6 is 11.6 Å². The summed E-state index contributed by atoms with van der Waals surface area (Å²) < 4.78 is 24.7. The van der Waals surface area contributed by atoms with Crippen molar-refractivity contribution in [3.05, 3.63) is 68.8 Å². The molecule has 24 heavy (non-hydrogen) atoms. The number of halogens is 2. The fraction of sp³-hybridized carbons (Fsp3) is 0.105. The number of furan rings is 1. The molecule has 2 aromatic carbocycles. The van der Waals surface area contributed by atoms with Crippen molar-refractivity contribution in [1.82, 2.24) is 0 Å². The first-order chi connectivity index (χ1) is 11.4. The zero-order valence-corrected chi connectivity index (χ0v) is 13.7. The molecular weight excluding hydrogens is 331 g/mol. The normalized spacial score (nSPS) is 11.5. The summed E-state index contributed by atoms with van der Waals surface area (Å²) in [6, 6.07) is 9.17. The van der Waals surface area contributed by atoms with E-state index >= 15 is 0 Å². The summed E-state index contributed by atoms with van der Waals surface area (Å²) in [4.78, 5) is 12.0. The quantitative estimate of drug-likeness (QED) is 0.422. The zero-order valence-electron chi connectivity index (χ0n) is 12.9. The second-order valence-corrected chi connectivity index (χ2v) is 6.18. The molecular formula is C19H12ClFO3. The fourth-order valence-corrected chi connectivity index (χ4v) is 3.08. The molecule has 4 rings (SSSR count). The molecule has 4 aromatic rings. The van der Waals surface area contributed by atoms with Crippen molar-refractivity contribution >= 4 is 33.5 Å². The third-order valence-electron chi connectivity index (χ3n) is 4.17. The molecule has 0 fully saturated rings. The van der Waals surface area contributed by atoms with Crippen LogP contribution in [0.3, 0.4) is 0 Å². The van der Waals surface area contributed by atoms with Crippen LogP contribution in [0.4, 0.5) is 4.39 Å². The number of hydrogen-bond donors (Lipinski definition) is 0. The lowest BCUT2D eigenvalue weighted by Crippen LogP contribution is -1.98. The highest BCUT2D eigenvalue weighted by molar-refractivity contribution is 6.32. The predicted octanol–water partition coefficient (Wildman–Crippen LogP) is 5.62. The fourth-order valence-electron chi connectivity index (χ4n) is 2.92. The van der Waals surface area contributed by atoms with Crippen molar-refractivity contribution < 1.29 is 13.2 Å². The van der Waals surface area contributed by atoms with Crippen molar-refractivity contribution in [3.63, 3.8) is 0 Å². The molecule has 0 saturated heterocycles. The molecule has 0 atom stereocenters. The first-order valence-electron chi connectivity index (χ1n) is 7.37. The summed E-state index contributed by atoms with van der Waals surface area (Å²) in [5.41, 5.74) is 2.66. The first kappa shape index (κ1) is 15.0. The second-order valence-electron chi connectivity index (χ2n) is 5.77. The maximum absolute atomic E-state index is 13.5. The monoisotopic (exact) mass is 342 g/mol. The number of rotatable bonds is 1. The average molecular weight is 343 g/mol. The van der Waals surface area contributed by atoms with E-state index in [9.17, 15) is 9.18 Å². The molecule has 0 saturated carbocycles. The Morgan fingerprint density at radius 3 is 2.54 bits per heavy atom. The van der Waals surface area contributed by atoms with E-state index in [0.29, 0.717) is 38.3 Å². The number of fused-ring (bicyclic) bond motifs is 2. The van der Waals surface area contributed by atoms with Gasteiger partial charge in [-0.2, -0.15) is 0 Å². The van der Waals surface area contributed by atoms with Gasteiger partial charge in [-0.1, -0.05) is 11.6 Å². The number of aryl methyl sites for hydroxylation is 2. The third kappa shape index (κ3) is 2.22. The largest absolute Gasteiger partial charge is 0.456 e. The van der Waals surface area contributed by atoms with Crippen LogP contribution in [0.1, 0.15) is 11.1 Å². The molecule has 0 N–H and O–H groups in total. The summed E-state index contributed by atoms with van der Waals surface area (Å²) in [6.45, 7) is 3.67. The molecule has 3 nitrogen and oxygen atoms in total. The van der Waals surface area contributed by atoms with E-state index in [1.165, 1.54) is 18.2 Å². The zero-order chi connectivity index (χ0) is 17.0. The SMILES string of the molecule is Cc1cc2oc(=O)cc(-c3oc4ccc(F)cc4c3C)c2cc1Cl. The van der Waals surface area contributed by atoms with Gasteiger partial charge in [0.15, 0.2) is 0 Å². The van der Waals surface area contributed by atoms with Crippen molar-refractivity contribution in [2.45, 2.75) is 13.8 Å².